The summed E-state index contributed by atoms with van der Waals surface area (Å²) in [5, 5.41) is 2.42. The molecule has 7 nitrogen and oxygen atoms in total. The van der Waals surface area contributed by atoms with Crippen molar-refractivity contribution in [1.29, 1.82) is 0 Å². The Morgan fingerprint density at radius 2 is 1.61 bits per heavy atom. The van der Waals surface area contributed by atoms with Crippen molar-refractivity contribution in [3.8, 4) is 0 Å². The summed E-state index contributed by atoms with van der Waals surface area (Å²) in [5.74, 6) is -2.10. The molecule has 1 rings (SSSR count). The highest BCUT2D eigenvalue weighted by Crippen LogP contribution is 2.01. The highest BCUT2D eigenvalue weighted by atomic mass is 16.5. The second kappa shape index (κ2) is 10.1. The predicted octanol–water partition coefficient (Wildman–Crippen LogP) is 0.758. The molecule has 124 valence electrons. The molecule has 0 bridgehead atoms. The van der Waals surface area contributed by atoms with Crippen LogP contribution in [-0.4, -0.2) is 36.8 Å². The van der Waals surface area contributed by atoms with Crippen molar-refractivity contribution in [3.63, 3.8) is 0 Å². The molecule has 0 aliphatic carbocycles. The van der Waals surface area contributed by atoms with Crippen LogP contribution in [-0.2, 0) is 35.3 Å². The van der Waals surface area contributed by atoms with Crippen LogP contribution in [0.3, 0.4) is 0 Å². The Balaban J connectivity index is 2.12. The van der Waals surface area contributed by atoms with Crippen molar-refractivity contribution < 1.29 is 28.7 Å². The zero-order chi connectivity index (χ0) is 17.1. The summed E-state index contributed by atoms with van der Waals surface area (Å²) in [6.45, 7) is 1.39. The molecule has 1 aromatic rings. The normalized spacial score (nSPS) is 9.78. The molecule has 1 N–H and O–H groups in total. The fraction of sp³-hybridized carbons (Fsp3) is 0.375. The van der Waals surface area contributed by atoms with Gasteiger partial charge in [-0.15, -0.1) is 0 Å². The van der Waals surface area contributed by atoms with E-state index in [1.807, 2.05) is 30.3 Å². The van der Waals surface area contributed by atoms with Gasteiger partial charge in [0.15, 0.2) is 0 Å². The van der Waals surface area contributed by atoms with E-state index in [-0.39, 0.29) is 32.0 Å². The van der Waals surface area contributed by atoms with Gasteiger partial charge in [0.2, 0.25) is 5.91 Å². The Kier molecular flexibility index (Phi) is 8.06. The molecule has 0 spiro atoms. The molecular formula is C16H19NO6. The maximum atomic E-state index is 11.5. The van der Waals surface area contributed by atoms with Gasteiger partial charge in [-0.3, -0.25) is 19.2 Å². The predicted molar refractivity (Wildman–Crippen MR) is 80.1 cm³/mol. The lowest BCUT2D eigenvalue weighted by molar-refractivity contribution is -0.149. The number of hydrogen-bond donors (Lipinski definition) is 1. The van der Waals surface area contributed by atoms with E-state index < -0.39 is 24.3 Å². The number of ketones is 1. The van der Waals surface area contributed by atoms with Gasteiger partial charge in [-0.1, -0.05) is 30.3 Å². The minimum Gasteiger partial charge on any atom is -0.463 e. The molecule has 0 heterocycles. The van der Waals surface area contributed by atoms with Gasteiger partial charge in [0.25, 0.3) is 0 Å². The van der Waals surface area contributed by atoms with Crippen LogP contribution in [0.5, 0.6) is 0 Å². The molecule has 1 amide bonds. The molecule has 0 fully saturated rings. The molecule has 1 aromatic carbocycles. The van der Waals surface area contributed by atoms with Crippen molar-refractivity contribution in [3.05, 3.63) is 35.9 Å². The molecule has 0 aliphatic heterocycles. The van der Waals surface area contributed by atoms with E-state index in [1.165, 1.54) is 6.92 Å². The Hall–Kier alpha value is -2.70. The average molecular weight is 321 g/mol. The molecule has 0 atom stereocenters. The van der Waals surface area contributed by atoms with E-state index in [0.29, 0.717) is 0 Å². The fourth-order valence-corrected chi connectivity index (χ4v) is 1.59. The minimum atomic E-state index is -0.644. The lowest BCUT2D eigenvalue weighted by atomic mass is 10.2. The third kappa shape index (κ3) is 9.02. The second-order valence-corrected chi connectivity index (χ2v) is 4.77. The molecule has 23 heavy (non-hydrogen) atoms. The first-order chi connectivity index (χ1) is 11.0. The van der Waals surface area contributed by atoms with Crippen molar-refractivity contribution in [2.24, 2.45) is 0 Å². The van der Waals surface area contributed by atoms with Gasteiger partial charge >= 0.3 is 11.9 Å². The van der Waals surface area contributed by atoms with E-state index in [9.17, 15) is 19.2 Å². The zero-order valence-electron chi connectivity index (χ0n) is 12.9. The van der Waals surface area contributed by atoms with Crippen molar-refractivity contribution in [1.82, 2.24) is 5.32 Å². The number of nitrogens with one attached hydrogen (secondary N) is 1. The first-order valence-corrected chi connectivity index (χ1v) is 7.08. The monoisotopic (exact) mass is 321 g/mol. The van der Waals surface area contributed by atoms with Gasteiger partial charge in [-0.2, -0.15) is 0 Å². The molecule has 0 unspecified atom stereocenters. The number of amides is 1. The summed E-state index contributed by atoms with van der Waals surface area (Å²) in [6, 6.07) is 9.11. The van der Waals surface area contributed by atoms with Gasteiger partial charge < -0.3 is 14.8 Å². The van der Waals surface area contributed by atoms with E-state index in [4.69, 9.17) is 9.47 Å². The van der Waals surface area contributed by atoms with Gasteiger partial charge in [0.1, 0.15) is 31.8 Å². The number of rotatable bonds is 9. The van der Waals surface area contributed by atoms with E-state index in [1.54, 1.807) is 0 Å². The van der Waals surface area contributed by atoms with Gasteiger partial charge in [0.05, 0.1) is 6.54 Å². The standard InChI is InChI=1S/C16H19NO6/c1-12(18)9-15(20)22-8-7-17-14(19)10-16(21)23-11-13-5-3-2-4-6-13/h2-6H,7-11H2,1H3,(H,17,19). The minimum absolute atomic E-state index is 0.0586. The number of carbonyl (C=O) groups is 4. The van der Waals surface area contributed by atoms with E-state index in [0.717, 1.165) is 5.56 Å². The van der Waals surface area contributed by atoms with Crippen LogP contribution < -0.4 is 5.32 Å². The summed E-state index contributed by atoms with van der Waals surface area (Å²) in [6.07, 6.45) is -0.700. The third-order valence-corrected chi connectivity index (χ3v) is 2.63. The van der Waals surface area contributed by atoms with Crippen molar-refractivity contribution >= 4 is 23.6 Å². The quantitative estimate of drug-likeness (QED) is 0.409. The highest BCUT2D eigenvalue weighted by molar-refractivity contribution is 5.94. The highest BCUT2D eigenvalue weighted by Gasteiger charge is 2.11. The molecule has 0 saturated heterocycles. The van der Waals surface area contributed by atoms with E-state index in [2.05, 4.69) is 5.32 Å². The van der Waals surface area contributed by atoms with Gasteiger partial charge in [0, 0.05) is 0 Å². The number of Topliss-reactive ketones (excluding diaryl/α,β-unsaturated/α-hetero) is 1. The zero-order valence-corrected chi connectivity index (χ0v) is 12.9. The third-order valence-electron chi connectivity index (χ3n) is 2.63. The Bertz CT molecular complexity index is 555. The molecular weight excluding hydrogens is 302 g/mol. The van der Waals surface area contributed by atoms with Crippen LogP contribution >= 0.6 is 0 Å². The molecule has 0 radical (unpaired) electrons. The summed E-state index contributed by atoms with van der Waals surface area (Å²) in [4.78, 5) is 44.7. The van der Waals surface area contributed by atoms with Crippen LogP contribution in [0.25, 0.3) is 0 Å². The summed E-state index contributed by atoms with van der Waals surface area (Å²) in [7, 11) is 0. The smallest absolute Gasteiger partial charge is 0.315 e. The van der Waals surface area contributed by atoms with Crippen LogP contribution in [0.4, 0.5) is 0 Å². The maximum absolute atomic E-state index is 11.5. The lowest BCUT2D eigenvalue weighted by Gasteiger charge is -2.07. The van der Waals surface area contributed by atoms with Crippen molar-refractivity contribution in [2.75, 3.05) is 13.2 Å². The number of ether oxygens (including phenoxy) is 2. The lowest BCUT2D eigenvalue weighted by Crippen LogP contribution is -2.30. The fourth-order valence-electron chi connectivity index (χ4n) is 1.59. The van der Waals surface area contributed by atoms with Crippen molar-refractivity contribution in [2.45, 2.75) is 26.4 Å². The van der Waals surface area contributed by atoms with Gasteiger partial charge in [-0.25, -0.2) is 0 Å². The maximum Gasteiger partial charge on any atom is 0.315 e. The molecule has 0 saturated carbocycles. The van der Waals surface area contributed by atoms with Crippen LogP contribution in [0.15, 0.2) is 30.3 Å². The largest absolute Gasteiger partial charge is 0.463 e. The number of carbonyl (C=O) groups excluding carboxylic acids is 4. The summed E-state index contributed by atoms with van der Waals surface area (Å²) < 4.78 is 9.69. The number of hydrogen-bond acceptors (Lipinski definition) is 6. The summed E-state index contributed by atoms with van der Waals surface area (Å²) in [5.41, 5.74) is 0.832. The Morgan fingerprint density at radius 1 is 0.957 bits per heavy atom. The van der Waals surface area contributed by atoms with Crippen LogP contribution in [0, 0.1) is 0 Å². The van der Waals surface area contributed by atoms with Crippen LogP contribution in [0.2, 0.25) is 0 Å². The van der Waals surface area contributed by atoms with E-state index >= 15 is 0 Å². The molecule has 7 heteroatoms. The summed E-state index contributed by atoms with van der Waals surface area (Å²) >= 11 is 0. The Morgan fingerprint density at radius 3 is 2.26 bits per heavy atom. The SMILES string of the molecule is CC(=O)CC(=O)OCCNC(=O)CC(=O)OCc1ccccc1. The Labute approximate surface area is 134 Å². The average Bonchev–Trinajstić information content (AvgIpc) is 2.50. The van der Waals surface area contributed by atoms with Crippen LogP contribution in [0.1, 0.15) is 25.3 Å². The first-order valence-electron chi connectivity index (χ1n) is 7.08. The molecule has 0 aliphatic rings. The second-order valence-electron chi connectivity index (χ2n) is 4.77. The number of esters is 2. The molecule has 0 aromatic heterocycles. The number of benzene rings is 1. The topological polar surface area (TPSA) is 98.8 Å². The van der Waals surface area contributed by atoms with Gasteiger partial charge in [-0.05, 0) is 12.5 Å². The first kappa shape index (κ1) is 18.3.